The first kappa shape index (κ1) is 16.5. The summed E-state index contributed by atoms with van der Waals surface area (Å²) in [5.41, 5.74) is 1.69. The standard InChI is InChI=1S/C16H20N2O3S/c1-12-17-14(11-22-12)9-16(20)18(7-8-19)10-13-5-3-4-6-15(13)21-2/h3-6,11,19H,7-10H2,1-2H3. The van der Waals surface area contributed by atoms with Crippen molar-refractivity contribution < 1.29 is 14.6 Å². The molecule has 22 heavy (non-hydrogen) atoms. The summed E-state index contributed by atoms with van der Waals surface area (Å²) >= 11 is 1.53. The zero-order chi connectivity index (χ0) is 15.9. The summed E-state index contributed by atoms with van der Waals surface area (Å²) in [6, 6.07) is 7.58. The number of ether oxygens (including phenoxy) is 1. The lowest BCUT2D eigenvalue weighted by Gasteiger charge is -2.22. The fourth-order valence-corrected chi connectivity index (χ4v) is 2.82. The summed E-state index contributed by atoms with van der Waals surface area (Å²) in [4.78, 5) is 18.4. The van der Waals surface area contributed by atoms with Crippen LogP contribution in [0.25, 0.3) is 0 Å². The normalized spacial score (nSPS) is 10.5. The largest absolute Gasteiger partial charge is 0.496 e. The Balaban J connectivity index is 2.10. The van der Waals surface area contributed by atoms with E-state index in [2.05, 4.69) is 4.98 Å². The molecule has 1 aromatic carbocycles. The van der Waals surface area contributed by atoms with Crippen LogP contribution in [-0.4, -0.2) is 41.2 Å². The van der Waals surface area contributed by atoms with Gasteiger partial charge in [-0.05, 0) is 13.0 Å². The fraction of sp³-hybridized carbons (Fsp3) is 0.375. The van der Waals surface area contributed by atoms with Crippen LogP contribution in [-0.2, 0) is 17.8 Å². The number of rotatable bonds is 7. The molecule has 0 aliphatic carbocycles. The predicted molar refractivity (Wildman–Crippen MR) is 86.1 cm³/mol. The number of aromatic nitrogens is 1. The number of amides is 1. The SMILES string of the molecule is COc1ccccc1CN(CCO)C(=O)Cc1csc(C)n1. The highest BCUT2D eigenvalue weighted by atomic mass is 32.1. The third-order valence-electron chi connectivity index (χ3n) is 3.28. The van der Waals surface area contributed by atoms with Crippen LogP contribution >= 0.6 is 11.3 Å². The summed E-state index contributed by atoms with van der Waals surface area (Å²) in [7, 11) is 1.61. The van der Waals surface area contributed by atoms with E-state index in [0.29, 0.717) is 13.1 Å². The Kier molecular flexibility index (Phi) is 5.91. The summed E-state index contributed by atoms with van der Waals surface area (Å²) in [6.07, 6.45) is 0.249. The highest BCUT2D eigenvalue weighted by Crippen LogP contribution is 2.20. The van der Waals surface area contributed by atoms with Crippen LogP contribution in [0.15, 0.2) is 29.6 Å². The van der Waals surface area contributed by atoms with Gasteiger partial charge in [0.05, 0.1) is 30.8 Å². The minimum absolute atomic E-state index is 0.0507. The number of methoxy groups -OCH3 is 1. The van der Waals surface area contributed by atoms with Crippen molar-refractivity contribution >= 4 is 17.2 Å². The summed E-state index contributed by atoms with van der Waals surface area (Å²) in [5, 5.41) is 12.1. The molecular formula is C16H20N2O3S. The van der Waals surface area contributed by atoms with E-state index in [0.717, 1.165) is 22.0 Å². The third kappa shape index (κ3) is 4.29. The van der Waals surface area contributed by atoms with E-state index < -0.39 is 0 Å². The smallest absolute Gasteiger partial charge is 0.229 e. The van der Waals surface area contributed by atoms with E-state index in [9.17, 15) is 9.90 Å². The van der Waals surface area contributed by atoms with E-state index in [1.54, 1.807) is 12.0 Å². The Labute approximate surface area is 134 Å². The molecule has 5 nitrogen and oxygen atoms in total. The van der Waals surface area contributed by atoms with Crippen LogP contribution in [0.4, 0.5) is 0 Å². The number of para-hydroxylation sites is 1. The number of thiazole rings is 1. The number of hydrogen-bond donors (Lipinski definition) is 1. The second-order valence-electron chi connectivity index (χ2n) is 4.89. The molecule has 0 saturated carbocycles. The van der Waals surface area contributed by atoms with Crippen molar-refractivity contribution in [1.82, 2.24) is 9.88 Å². The first-order chi connectivity index (χ1) is 10.6. The van der Waals surface area contributed by atoms with Crippen molar-refractivity contribution in [3.8, 4) is 5.75 Å². The summed E-state index contributed by atoms with van der Waals surface area (Å²) < 4.78 is 5.31. The molecular weight excluding hydrogens is 300 g/mol. The minimum atomic E-state index is -0.0724. The van der Waals surface area contributed by atoms with Gasteiger partial charge in [0.15, 0.2) is 0 Å². The fourth-order valence-electron chi connectivity index (χ4n) is 2.21. The van der Waals surface area contributed by atoms with Crippen molar-refractivity contribution in [3.63, 3.8) is 0 Å². The predicted octanol–water partition coefficient (Wildman–Crippen LogP) is 2.02. The van der Waals surface area contributed by atoms with Crippen LogP contribution in [0.1, 0.15) is 16.3 Å². The second kappa shape index (κ2) is 7.91. The van der Waals surface area contributed by atoms with Gasteiger partial charge in [-0.3, -0.25) is 4.79 Å². The Morgan fingerprint density at radius 3 is 2.82 bits per heavy atom. The number of aryl methyl sites for hydroxylation is 1. The van der Waals surface area contributed by atoms with Crippen molar-refractivity contribution in [2.45, 2.75) is 19.9 Å². The van der Waals surface area contributed by atoms with Gasteiger partial charge in [-0.15, -0.1) is 11.3 Å². The molecule has 1 heterocycles. The van der Waals surface area contributed by atoms with Gasteiger partial charge in [0, 0.05) is 24.0 Å². The van der Waals surface area contributed by atoms with Crippen LogP contribution < -0.4 is 4.74 Å². The summed E-state index contributed by atoms with van der Waals surface area (Å²) in [5.74, 6) is 0.688. The van der Waals surface area contributed by atoms with Crippen molar-refractivity contribution in [1.29, 1.82) is 0 Å². The van der Waals surface area contributed by atoms with Crippen LogP contribution in [0.5, 0.6) is 5.75 Å². The number of aliphatic hydroxyl groups excluding tert-OH is 1. The number of carbonyl (C=O) groups is 1. The molecule has 0 fully saturated rings. The van der Waals surface area contributed by atoms with Crippen molar-refractivity contribution in [2.24, 2.45) is 0 Å². The van der Waals surface area contributed by atoms with Gasteiger partial charge in [0.25, 0.3) is 0 Å². The Hall–Kier alpha value is -1.92. The van der Waals surface area contributed by atoms with Crippen LogP contribution in [0, 0.1) is 6.92 Å². The molecule has 0 unspecified atom stereocenters. The highest BCUT2D eigenvalue weighted by Gasteiger charge is 2.17. The van der Waals surface area contributed by atoms with Crippen LogP contribution in [0.2, 0.25) is 0 Å². The molecule has 0 atom stereocenters. The van der Waals surface area contributed by atoms with Gasteiger partial charge in [-0.1, -0.05) is 18.2 Å². The third-order valence-corrected chi connectivity index (χ3v) is 4.10. The quantitative estimate of drug-likeness (QED) is 0.848. The zero-order valence-corrected chi connectivity index (χ0v) is 13.6. The maximum atomic E-state index is 12.5. The van der Waals surface area contributed by atoms with E-state index in [4.69, 9.17) is 4.74 Å². The maximum Gasteiger partial charge on any atom is 0.229 e. The second-order valence-corrected chi connectivity index (χ2v) is 5.95. The average molecular weight is 320 g/mol. The highest BCUT2D eigenvalue weighted by molar-refractivity contribution is 7.09. The molecule has 0 saturated heterocycles. The molecule has 118 valence electrons. The molecule has 1 aromatic heterocycles. The van der Waals surface area contributed by atoms with E-state index in [-0.39, 0.29) is 18.9 Å². The molecule has 0 bridgehead atoms. The lowest BCUT2D eigenvalue weighted by atomic mass is 10.1. The van der Waals surface area contributed by atoms with E-state index >= 15 is 0 Å². The number of nitrogens with zero attached hydrogens (tertiary/aromatic N) is 2. The topological polar surface area (TPSA) is 62.7 Å². The van der Waals surface area contributed by atoms with Gasteiger partial charge in [0.1, 0.15) is 5.75 Å². The minimum Gasteiger partial charge on any atom is -0.496 e. The monoisotopic (exact) mass is 320 g/mol. The molecule has 2 rings (SSSR count). The van der Waals surface area contributed by atoms with Crippen molar-refractivity contribution in [2.75, 3.05) is 20.3 Å². The molecule has 2 aromatic rings. The number of hydrogen-bond acceptors (Lipinski definition) is 5. The molecule has 1 N–H and O–H groups in total. The van der Waals surface area contributed by atoms with Gasteiger partial charge >= 0.3 is 0 Å². The number of aliphatic hydroxyl groups is 1. The molecule has 6 heteroatoms. The number of carbonyl (C=O) groups excluding carboxylic acids is 1. The molecule has 0 radical (unpaired) electrons. The number of benzene rings is 1. The van der Waals surface area contributed by atoms with E-state index in [1.807, 2.05) is 36.6 Å². The molecule has 0 spiro atoms. The lowest BCUT2D eigenvalue weighted by molar-refractivity contribution is -0.131. The van der Waals surface area contributed by atoms with E-state index in [1.165, 1.54) is 11.3 Å². The van der Waals surface area contributed by atoms with Crippen LogP contribution in [0.3, 0.4) is 0 Å². The lowest BCUT2D eigenvalue weighted by Crippen LogP contribution is -2.34. The molecule has 0 aliphatic heterocycles. The van der Waals surface area contributed by atoms with Gasteiger partial charge < -0.3 is 14.7 Å². The summed E-state index contributed by atoms with van der Waals surface area (Å²) in [6.45, 7) is 2.54. The molecule has 0 aliphatic rings. The molecule has 1 amide bonds. The first-order valence-electron chi connectivity index (χ1n) is 7.05. The van der Waals surface area contributed by atoms with Crippen molar-refractivity contribution in [3.05, 3.63) is 45.9 Å². The maximum absolute atomic E-state index is 12.5. The Morgan fingerprint density at radius 2 is 2.18 bits per heavy atom. The van der Waals surface area contributed by atoms with Gasteiger partial charge in [-0.25, -0.2) is 4.98 Å². The first-order valence-corrected chi connectivity index (χ1v) is 7.93. The van der Waals surface area contributed by atoms with Gasteiger partial charge in [0.2, 0.25) is 5.91 Å². The Bertz CT molecular complexity index is 627. The zero-order valence-electron chi connectivity index (χ0n) is 12.8. The average Bonchev–Trinajstić information content (AvgIpc) is 2.92. The Morgan fingerprint density at radius 1 is 1.41 bits per heavy atom. The van der Waals surface area contributed by atoms with Gasteiger partial charge in [-0.2, -0.15) is 0 Å².